The zero-order valence-electron chi connectivity index (χ0n) is 14.1. The number of aryl methyl sites for hydroxylation is 1. The van der Waals surface area contributed by atoms with Crippen LogP contribution in [0.5, 0.6) is 0 Å². The molecule has 0 radical (unpaired) electrons. The van der Waals surface area contributed by atoms with E-state index in [1.165, 1.54) is 11.1 Å². The van der Waals surface area contributed by atoms with Gasteiger partial charge < -0.3 is 5.11 Å². The molecule has 1 aliphatic heterocycles. The van der Waals surface area contributed by atoms with Crippen molar-refractivity contribution < 1.29 is 5.11 Å². The van der Waals surface area contributed by atoms with Crippen LogP contribution in [-0.2, 0) is 6.54 Å². The van der Waals surface area contributed by atoms with Crippen molar-refractivity contribution in [3.05, 3.63) is 106 Å². The van der Waals surface area contributed by atoms with Crippen molar-refractivity contribution in [2.45, 2.75) is 25.7 Å². The lowest BCUT2D eigenvalue weighted by atomic mass is 9.98. The number of aliphatic hydroxyl groups is 1. The van der Waals surface area contributed by atoms with Gasteiger partial charge in [-0.1, -0.05) is 77.8 Å². The third-order valence-electron chi connectivity index (χ3n) is 4.89. The van der Waals surface area contributed by atoms with Gasteiger partial charge in [-0.15, -0.1) is 0 Å². The van der Waals surface area contributed by atoms with Gasteiger partial charge in [-0.05, 0) is 35.7 Å². The molecule has 0 aliphatic carbocycles. The lowest BCUT2D eigenvalue weighted by Gasteiger charge is -2.28. The first-order valence-corrected chi connectivity index (χ1v) is 8.85. The second-order valence-electron chi connectivity index (χ2n) is 6.61. The van der Waals surface area contributed by atoms with Gasteiger partial charge in [0, 0.05) is 17.1 Å². The number of halogens is 1. The van der Waals surface area contributed by atoms with E-state index in [1.807, 2.05) is 42.5 Å². The number of hydrogen-bond acceptors (Lipinski definition) is 2. The van der Waals surface area contributed by atoms with E-state index in [1.54, 1.807) is 0 Å². The van der Waals surface area contributed by atoms with Crippen LogP contribution in [0, 0.1) is 6.92 Å². The summed E-state index contributed by atoms with van der Waals surface area (Å²) in [6, 6.07) is 24.5. The zero-order valence-corrected chi connectivity index (χ0v) is 14.8. The molecule has 1 unspecified atom stereocenters. The molecule has 1 heterocycles. The maximum Gasteiger partial charge on any atom is 0.134 e. The topological polar surface area (TPSA) is 23.5 Å². The number of nitrogens with zero attached hydrogens (tertiary/aromatic N) is 1. The molecule has 0 aromatic heterocycles. The van der Waals surface area contributed by atoms with Gasteiger partial charge in [0.1, 0.15) is 6.23 Å². The van der Waals surface area contributed by atoms with Crippen LogP contribution in [-0.4, -0.2) is 10.0 Å². The monoisotopic (exact) mass is 349 g/mol. The Hall–Kier alpha value is -2.13. The minimum absolute atomic E-state index is 0.0183. The minimum atomic E-state index is -0.613. The molecule has 1 N–H and O–H groups in total. The normalized spacial score (nSPS) is 19.8. The predicted octanol–water partition coefficient (Wildman–Crippen LogP) is 5.24. The molecule has 0 spiro atoms. The number of benzene rings is 3. The molecule has 0 saturated heterocycles. The Bertz CT molecular complexity index is 873. The second-order valence-corrected chi connectivity index (χ2v) is 7.05. The Morgan fingerprint density at radius 2 is 1.52 bits per heavy atom. The fraction of sp³-hybridized carbons (Fsp3) is 0.182. The van der Waals surface area contributed by atoms with Crippen molar-refractivity contribution in [3.63, 3.8) is 0 Å². The summed E-state index contributed by atoms with van der Waals surface area (Å²) in [4.78, 5) is 2.14. The summed E-state index contributed by atoms with van der Waals surface area (Å²) >= 11 is 6.07. The molecule has 0 bridgehead atoms. The highest BCUT2D eigenvalue weighted by Gasteiger charge is 2.37. The fourth-order valence-corrected chi connectivity index (χ4v) is 3.72. The maximum atomic E-state index is 10.9. The first-order valence-electron chi connectivity index (χ1n) is 8.47. The van der Waals surface area contributed by atoms with Crippen molar-refractivity contribution in [1.82, 2.24) is 4.90 Å². The molecule has 3 heteroatoms. The lowest BCUT2D eigenvalue weighted by Crippen LogP contribution is -2.26. The Morgan fingerprint density at radius 1 is 0.880 bits per heavy atom. The summed E-state index contributed by atoms with van der Waals surface area (Å²) in [6.07, 6.45) is -0.613. The van der Waals surface area contributed by atoms with E-state index in [4.69, 9.17) is 11.6 Å². The van der Waals surface area contributed by atoms with Gasteiger partial charge in [0.15, 0.2) is 0 Å². The van der Waals surface area contributed by atoms with Crippen molar-refractivity contribution in [3.8, 4) is 0 Å². The molecule has 2 nitrogen and oxygen atoms in total. The average Bonchev–Trinajstić information content (AvgIpc) is 2.90. The molecule has 0 amide bonds. The first kappa shape index (κ1) is 16.3. The largest absolute Gasteiger partial charge is 0.374 e. The van der Waals surface area contributed by atoms with Crippen LogP contribution >= 0.6 is 11.6 Å². The fourth-order valence-electron chi connectivity index (χ4n) is 3.59. The van der Waals surface area contributed by atoms with E-state index >= 15 is 0 Å². The highest BCUT2D eigenvalue weighted by atomic mass is 35.5. The summed E-state index contributed by atoms with van der Waals surface area (Å²) < 4.78 is 0. The van der Waals surface area contributed by atoms with Gasteiger partial charge in [0.2, 0.25) is 0 Å². The van der Waals surface area contributed by atoms with Gasteiger partial charge in [0.25, 0.3) is 0 Å². The molecular formula is C22H20ClNO. The number of aliphatic hydroxyl groups excluding tert-OH is 1. The Labute approximate surface area is 153 Å². The lowest BCUT2D eigenvalue weighted by molar-refractivity contribution is -0.00517. The van der Waals surface area contributed by atoms with E-state index in [0.717, 1.165) is 21.7 Å². The number of hydrogen-bond donors (Lipinski definition) is 1. The van der Waals surface area contributed by atoms with Crippen molar-refractivity contribution in [2.75, 3.05) is 0 Å². The zero-order chi connectivity index (χ0) is 17.4. The molecule has 25 heavy (non-hydrogen) atoms. The molecule has 0 saturated carbocycles. The summed E-state index contributed by atoms with van der Waals surface area (Å²) in [7, 11) is 0. The van der Waals surface area contributed by atoms with Crippen molar-refractivity contribution in [2.24, 2.45) is 0 Å². The summed E-state index contributed by atoms with van der Waals surface area (Å²) in [5.74, 6) is 0. The highest BCUT2D eigenvalue weighted by molar-refractivity contribution is 6.30. The van der Waals surface area contributed by atoms with E-state index in [0.29, 0.717) is 6.54 Å². The SMILES string of the molecule is Cc1ccc(CN2C(c3ccc(Cl)cc3)c3ccccc3[C@@H]2O)cc1. The van der Waals surface area contributed by atoms with Crippen LogP contribution in [0.2, 0.25) is 5.02 Å². The third kappa shape index (κ3) is 3.09. The van der Waals surface area contributed by atoms with Gasteiger partial charge in [0.05, 0.1) is 6.04 Å². The Balaban J connectivity index is 1.75. The van der Waals surface area contributed by atoms with Crippen LogP contribution < -0.4 is 0 Å². The minimum Gasteiger partial charge on any atom is -0.374 e. The smallest absolute Gasteiger partial charge is 0.134 e. The summed E-state index contributed by atoms with van der Waals surface area (Å²) in [5.41, 5.74) is 5.71. The highest BCUT2D eigenvalue weighted by Crippen LogP contribution is 2.45. The molecule has 3 aromatic rings. The summed E-state index contributed by atoms with van der Waals surface area (Å²) in [5, 5.41) is 11.7. The first-order chi connectivity index (χ1) is 12.1. The van der Waals surface area contributed by atoms with Crippen LogP contribution in [0.15, 0.2) is 72.8 Å². The predicted molar refractivity (Wildman–Crippen MR) is 101 cm³/mol. The van der Waals surface area contributed by atoms with E-state index in [-0.39, 0.29) is 6.04 Å². The molecule has 1 aliphatic rings. The van der Waals surface area contributed by atoms with Crippen molar-refractivity contribution >= 4 is 11.6 Å². The average molecular weight is 350 g/mol. The van der Waals surface area contributed by atoms with Gasteiger partial charge in [-0.3, -0.25) is 4.90 Å². The third-order valence-corrected chi connectivity index (χ3v) is 5.14. The van der Waals surface area contributed by atoms with Crippen LogP contribution in [0.3, 0.4) is 0 Å². The summed E-state index contributed by atoms with van der Waals surface area (Å²) in [6.45, 7) is 2.77. The Kier molecular flexibility index (Phi) is 4.34. The molecule has 4 rings (SSSR count). The van der Waals surface area contributed by atoms with Crippen LogP contribution in [0.1, 0.15) is 40.1 Å². The molecular weight excluding hydrogens is 330 g/mol. The van der Waals surface area contributed by atoms with Crippen LogP contribution in [0.4, 0.5) is 0 Å². The number of rotatable bonds is 3. The molecule has 0 fully saturated rings. The van der Waals surface area contributed by atoms with E-state index in [2.05, 4.69) is 42.2 Å². The number of fused-ring (bicyclic) bond motifs is 1. The second kappa shape index (κ2) is 6.64. The molecule has 3 aromatic carbocycles. The van der Waals surface area contributed by atoms with Gasteiger partial charge in [-0.2, -0.15) is 0 Å². The van der Waals surface area contributed by atoms with Gasteiger partial charge in [-0.25, -0.2) is 0 Å². The van der Waals surface area contributed by atoms with Crippen molar-refractivity contribution in [1.29, 1.82) is 0 Å². The van der Waals surface area contributed by atoms with E-state index in [9.17, 15) is 5.11 Å². The molecule has 2 atom stereocenters. The van der Waals surface area contributed by atoms with Crippen LogP contribution in [0.25, 0.3) is 0 Å². The standard InChI is InChI=1S/C22H20ClNO/c1-15-6-8-16(9-7-15)14-24-21(17-10-12-18(23)13-11-17)19-4-2-3-5-20(19)22(24)25/h2-13,21-22,25H,14H2,1H3/t21?,22-/m0/s1. The maximum absolute atomic E-state index is 10.9. The van der Waals surface area contributed by atoms with E-state index < -0.39 is 6.23 Å². The quantitative estimate of drug-likeness (QED) is 0.698. The Morgan fingerprint density at radius 3 is 2.20 bits per heavy atom. The molecule has 126 valence electrons. The van der Waals surface area contributed by atoms with Gasteiger partial charge >= 0.3 is 0 Å².